The monoisotopic (exact) mass is 363 g/mol. The third-order valence-electron chi connectivity index (χ3n) is 4.46. The molecule has 7 heteroatoms. The lowest BCUT2D eigenvalue weighted by Gasteiger charge is -2.42. The van der Waals surface area contributed by atoms with Crippen LogP contribution in [0.5, 0.6) is 5.75 Å². The maximum Gasteiger partial charge on any atom is 0.330 e. The molecule has 1 aliphatic carbocycles. The van der Waals surface area contributed by atoms with Crippen LogP contribution in [0.4, 0.5) is 5.69 Å². The van der Waals surface area contributed by atoms with Gasteiger partial charge in [-0.1, -0.05) is 11.6 Å². The second-order valence-electron chi connectivity index (χ2n) is 6.17. The van der Waals surface area contributed by atoms with E-state index >= 15 is 0 Å². The number of hydrogen-bond acceptors (Lipinski definition) is 4. The van der Waals surface area contributed by atoms with E-state index in [2.05, 4.69) is 0 Å². The van der Waals surface area contributed by atoms with Gasteiger partial charge in [0.2, 0.25) is 0 Å². The van der Waals surface area contributed by atoms with Crippen LogP contribution in [0.15, 0.2) is 18.2 Å². The molecule has 1 heterocycles. The average Bonchev–Trinajstić information content (AvgIpc) is 3.42. The first-order valence-corrected chi connectivity index (χ1v) is 8.44. The number of carbonyl (C=O) groups excluding carboxylic acids is 1. The van der Waals surface area contributed by atoms with Gasteiger partial charge in [0.05, 0.1) is 11.1 Å². The van der Waals surface area contributed by atoms with E-state index in [9.17, 15) is 14.7 Å². The minimum Gasteiger partial charge on any atom is -0.489 e. The average molecular weight is 364 g/mol. The maximum absolute atomic E-state index is 12.4. The van der Waals surface area contributed by atoms with Crippen LogP contribution in [0.1, 0.15) is 25.7 Å². The summed E-state index contributed by atoms with van der Waals surface area (Å²) >= 11 is 6.27. The fourth-order valence-corrected chi connectivity index (χ4v) is 3.17. The summed E-state index contributed by atoms with van der Waals surface area (Å²) in [5.74, 6) is 0.694. The van der Waals surface area contributed by atoms with E-state index in [-0.39, 0.29) is 32.2 Å². The first kappa shape index (κ1) is 17.6. The van der Waals surface area contributed by atoms with Crippen molar-refractivity contribution in [3.8, 4) is 18.1 Å². The van der Waals surface area contributed by atoms with E-state index < -0.39 is 17.4 Å². The molecule has 1 aromatic rings. The van der Waals surface area contributed by atoms with Gasteiger partial charge in [-0.2, -0.15) is 0 Å². The van der Waals surface area contributed by atoms with Gasteiger partial charge in [-0.15, -0.1) is 6.42 Å². The molecule has 0 atom stereocenters. The number of terminal acetylenes is 1. The summed E-state index contributed by atoms with van der Waals surface area (Å²) < 4.78 is 11.0. The van der Waals surface area contributed by atoms with Crippen LogP contribution in [0.25, 0.3) is 0 Å². The highest BCUT2D eigenvalue weighted by molar-refractivity contribution is 6.32. The number of amides is 1. The topological polar surface area (TPSA) is 76.1 Å². The van der Waals surface area contributed by atoms with Crippen molar-refractivity contribution in [3.05, 3.63) is 23.2 Å². The van der Waals surface area contributed by atoms with E-state index in [0.29, 0.717) is 16.5 Å². The van der Waals surface area contributed by atoms with Gasteiger partial charge >= 0.3 is 11.9 Å². The minimum absolute atomic E-state index is 0.147. The normalized spacial score (nSPS) is 18.9. The summed E-state index contributed by atoms with van der Waals surface area (Å²) in [5.41, 5.74) is -1.12. The van der Waals surface area contributed by atoms with Gasteiger partial charge in [0, 0.05) is 31.7 Å². The molecule has 1 saturated carbocycles. The van der Waals surface area contributed by atoms with Crippen LogP contribution in [-0.4, -0.2) is 41.8 Å². The number of anilines is 1. The predicted molar refractivity (Wildman–Crippen MR) is 91.8 cm³/mol. The highest BCUT2D eigenvalue weighted by Gasteiger charge is 2.48. The second kappa shape index (κ2) is 6.95. The van der Waals surface area contributed by atoms with Crippen molar-refractivity contribution in [2.45, 2.75) is 37.3 Å². The molecule has 3 rings (SSSR count). The minimum atomic E-state index is -1.45. The van der Waals surface area contributed by atoms with Crippen molar-refractivity contribution >= 4 is 29.2 Å². The zero-order valence-corrected chi connectivity index (χ0v) is 14.3. The van der Waals surface area contributed by atoms with Crippen molar-refractivity contribution in [1.29, 1.82) is 0 Å². The SMILES string of the molecule is C#CC(=O)N(c1ccc(OC2CC2)c(Cl)c1)C1(C(=O)O)CCOCC1. The van der Waals surface area contributed by atoms with E-state index in [1.165, 1.54) is 6.07 Å². The molecule has 2 fully saturated rings. The summed E-state index contributed by atoms with van der Waals surface area (Å²) in [6.45, 7) is 0.467. The highest BCUT2D eigenvalue weighted by atomic mass is 35.5. The molecular weight excluding hydrogens is 346 g/mol. The lowest BCUT2D eigenvalue weighted by atomic mass is 9.87. The number of hydrogen-bond donors (Lipinski definition) is 1. The van der Waals surface area contributed by atoms with Crippen LogP contribution < -0.4 is 9.64 Å². The molecule has 6 nitrogen and oxygen atoms in total. The van der Waals surface area contributed by atoms with E-state index in [1.807, 2.05) is 5.92 Å². The molecule has 0 unspecified atom stereocenters. The second-order valence-corrected chi connectivity index (χ2v) is 6.57. The zero-order chi connectivity index (χ0) is 18.0. The van der Waals surface area contributed by atoms with Crippen LogP contribution in [0.2, 0.25) is 5.02 Å². The lowest BCUT2D eigenvalue weighted by Crippen LogP contribution is -2.60. The molecule has 0 radical (unpaired) electrons. The lowest BCUT2D eigenvalue weighted by molar-refractivity contribution is -0.148. The van der Waals surface area contributed by atoms with Gasteiger partial charge < -0.3 is 14.6 Å². The Morgan fingerprint density at radius 1 is 1.36 bits per heavy atom. The molecule has 1 aliphatic heterocycles. The van der Waals surface area contributed by atoms with Gasteiger partial charge in [-0.3, -0.25) is 9.69 Å². The standard InChI is InChI=1S/C18H18ClNO5/c1-2-16(21)20(18(17(22)23)7-9-24-10-8-18)12-3-6-15(14(19)11-12)25-13-4-5-13/h1,3,6,11,13H,4-5,7-10H2,(H,22,23). The Bertz CT molecular complexity index is 731. The van der Waals surface area contributed by atoms with Crippen molar-refractivity contribution in [2.75, 3.05) is 18.1 Å². The Labute approximate surface area is 150 Å². The Morgan fingerprint density at radius 2 is 2.04 bits per heavy atom. The third-order valence-corrected chi connectivity index (χ3v) is 4.76. The smallest absolute Gasteiger partial charge is 0.330 e. The van der Waals surface area contributed by atoms with E-state index in [1.54, 1.807) is 12.1 Å². The molecule has 0 bridgehead atoms. The number of carboxylic acid groups (broad SMARTS) is 1. The molecule has 0 spiro atoms. The zero-order valence-electron chi connectivity index (χ0n) is 13.5. The Kier molecular flexibility index (Phi) is 4.89. The fraction of sp³-hybridized carbons (Fsp3) is 0.444. The van der Waals surface area contributed by atoms with Crippen LogP contribution >= 0.6 is 11.6 Å². The molecule has 0 aromatic heterocycles. The summed E-state index contributed by atoms with van der Waals surface area (Å²) in [7, 11) is 0. The first-order valence-electron chi connectivity index (χ1n) is 8.06. The molecule has 1 N–H and O–H groups in total. The number of benzene rings is 1. The third kappa shape index (κ3) is 3.44. The van der Waals surface area contributed by atoms with E-state index in [4.69, 9.17) is 27.5 Å². The number of carboxylic acids is 1. The van der Waals surface area contributed by atoms with Crippen LogP contribution in [0.3, 0.4) is 0 Å². The van der Waals surface area contributed by atoms with Crippen molar-refractivity contribution in [1.82, 2.24) is 0 Å². The molecule has 1 amide bonds. The molecule has 132 valence electrons. The van der Waals surface area contributed by atoms with E-state index in [0.717, 1.165) is 17.7 Å². The molecule has 1 saturated heterocycles. The van der Waals surface area contributed by atoms with Crippen molar-refractivity contribution in [2.24, 2.45) is 0 Å². The number of aliphatic carboxylic acids is 1. The van der Waals surface area contributed by atoms with Crippen LogP contribution in [-0.2, 0) is 14.3 Å². The molecule has 2 aliphatic rings. The summed E-state index contributed by atoms with van der Waals surface area (Å²) in [6, 6.07) is 4.77. The number of ether oxygens (including phenoxy) is 2. The Balaban J connectivity index is 2.00. The number of halogens is 1. The van der Waals surface area contributed by atoms with Crippen molar-refractivity contribution in [3.63, 3.8) is 0 Å². The summed E-state index contributed by atoms with van der Waals surface area (Å²) in [5, 5.41) is 10.2. The molecular formula is C18H18ClNO5. The molecule has 25 heavy (non-hydrogen) atoms. The highest BCUT2D eigenvalue weighted by Crippen LogP contribution is 2.38. The van der Waals surface area contributed by atoms with Gasteiger partial charge in [-0.05, 0) is 37.0 Å². The van der Waals surface area contributed by atoms with Gasteiger partial charge in [0.15, 0.2) is 5.54 Å². The fourth-order valence-electron chi connectivity index (χ4n) is 2.96. The number of rotatable bonds is 5. The van der Waals surface area contributed by atoms with Gasteiger partial charge in [0.25, 0.3) is 0 Å². The number of nitrogens with zero attached hydrogens (tertiary/aromatic N) is 1. The van der Waals surface area contributed by atoms with Crippen LogP contribution in [0, 0.1) is 12.3 Å². The summed E-state index contributed by atoms with van der Waals surface area (Å²) in [4.78, 5) is 25.6. The maximum atomic E-state index is 12.4. The largest absolute Gasteiger partial charge is 0.489 e. The quantitative estimate of drug-likeness (QED) is 0.813. The summed E-state index contributed by atoms with van der Waals surface area (Å²) in [6.07, 6.45) is 7.74. The van der Waals surface area contributed by atoms with Gasteiger partial charge in [-0.25, -0.2) is 4.79 Å². The van der Waals surface area contributed by atoms with Gasteiger partial charge in [0.1, 0.15) is 5.75 Å². The molecule has 1 aromatic carbocycles. The number of carbonyl (C=O) groups is 2. The Morgan fingerprint density at radius 3 is 2.56 bits per heavy atom. The Hall–Kier alpha value is -2.23. The van der Waals surface area contributed by atoms with Crippen molar-refractivity contribution < 1.29 is 24.2 Å². The predicted octanol–water partition coefficient (Wildman–Crippen LogP) is 2.48. The first-order chi connectivity index (χ1) is 12.0.